The van der Waals surface area contributed by atoms with Gasteiger partial charge in [0.15, 0.2) is 5.11 Å². The van der Waals surface area contributed by atoms with E-state index >= 15 is 0 Å². The van der Waals surface area contributed by atoms with Crippen LogP contribution in [0, 0.1) is 13.8 Å². The molecule has 0 bridgehead atoms. The lowest BCUT2D eigenvalue weighted by Crippen LogP contribution is -2.34. The fourth-order valence-electron chi connectivity index (χ4n) is 3.04. The molecule has 184 valence electrons. The Labute approximate surface area is 210 Å². The van der Waals surface area contributed by atoms with E-state index in [4.69, 9.17) is 17.0 Å². The molecule has 3 N–H and O–H groups in total. The highest BCUT2D eigenvalue weighted by Gasteiger charge is 2.16. The van der Waals surface area contributed by atoms with Crippen molar-refractivity contribution in [2.75, 3.05) is 16.6 Å². The van der Waals surface area contributed by atoms with Crippen molar-refractivity contribution in [1.82, 2.24) is 15.3 Å². The van der Waals surface area contributed by atoms with Gasteiger partial charge in [-0.1, -0.05) is 13.3 Å². The normalized spacial score (nSPS) is 10.9. The fourth-order valence-corrected chi connectivity index (χ4v) is 4.20. The number of carbonyl (C=O) groups is 1. The van der Waals surface area contributed by atoms with Gasteiger partial charge in [0.2, 0.25) is 5.95 Å². The summed E-state index contributed by atoms with van der Waals surface area (Å²) in [6.45, 7) is 6.23. The smallest absolute Gasteiger partial charge is 0.264 e. The molecule has 0 aliphatic heterocycles. The van der Waals surface area contributed by atoms with Crippen LogP contribution in [0.5, 0.6) is 5.75 Å². The SMILES string of the molecule is CCCCOc1ccc(C(=O)NC(=S)Nc2ccc(S(=O)(=O)Nc3nc(C)cc(C)n3)cc2)cc1. The number of nitrogens with one attached hydrogen (secondary N) is 3. The third kappa shape index (κ3) is 7.72. The highest BCUT2D eigenvalue weighted by Crippen LogP contribution is 2.17. The van der Waals surface area contributed by atoms with Gasteiger partial charge in [-0.3, -0.25) is 10.1 Å². The van der Waals surface area contributed by atoms with Crippen LogP contribution in [0.4, 0.5) is 11.6 Å². The van der Waals surface area contributed by atoms with Crippen LogP contribution in [0.3, 0.4) is 0 Å². The molecule has 0 aliphatic rings. The molecule has 0 aliphatic carbocycles. The Bertz CT molecular complexity index is 1270. The second-order valence-electron chi connectivity index (χ2n) is 7.74. The summed E-state index contributed by atoms with van der Waals surface area (Å²) in [5, 5.41) is 5.54. The number of hydrogen-bond acceptors (Lipinski definition) is 7. The van der Waals surface area contributed by atoms with Crippen molar-refractivity contribution >= 4 is 44.9 Å². The van der Waals surface area contributed by atoms with E-state index in [0.29, 0.717) is 35.0 Å². The minimum Gasteiger partial charge on any atom is -0.494 e. The van der Waals surface area contributed by atoms with Crippen molar-refractivity contribution in [1.29, 1.82) is 0 Å². The van der Waals surface area contributed by atoms with Gasteiger partial charge in [-0.2, -0.15) is 0 Å². The zero-order valence-electron chi connectivity index (χ0n) is 19.7. The van der Waals surface area contributed by atoms with Gasteiger partial charge in [0.25, 0.3) is 15.9 Å². The van der Waals surface area contributed by atoms with Crippen molar-refractivity contribution in [3.8, 4) is 5.75 Å². The molecular weight excluding hydrogens is 486 g/mol. The molecule has 0 saturated carbocycles. The van der Waals surface area contributed by atoms with E-state index in [2.05, 4.69) is 32.2 Å². The van der Waals surface area contributed by atoms with E-state index in [0.717, 1.165) is 12.8 Å². The predicted octanol–water partition coefficient (Wildman–Crippen LogP) is 4.20. The molecule has 0 fully saturated rings. The number of hydrogen-bond donors (Lipinski definition) is 3. The molecule has 1 amide bonds. The van der Waals surface area contributed by atoms with Gasteiger partial charge in [0.05, 0.1) is 11.5 Å². The number of carbonyl (C=O) groups excluding carboxylic acids is 1. The van der Waals surface area contributed by atoms with E-state index in [1.807, 2.05) is 0 Å². The quantitative estimate of drug-likeness (QED) is 0.287. The molecule has 9 nitrogen and oxygen atoms in total. The lowest BCUT2D eigenvalue weighted by Gasteiger charge is -2.11. The summed E-state index contributed by atoms with van der Waals surface area (Å²) in [7, 11) is -3.87. The molecule has 35 heavy (non-hydrogen) atoms. The monoisotopic (exact) mass is 513 g/mol. The van der Waals surface area contributed by atoms with Crippen LogP contribution in [0.1, 0.15) is 41.5 Å². The summed E-state index contributed by atoms with van der Waals surface area (Å²) in [4.78, 5) is 20.7. The van der Waals surface area contributed by atoms with Crippen LogP contribution >= 0.6 is 12.2 Å². The molecule has 3 aromatic rings. The van der Waals surface area contributed by atoms with Gasteiger partial charge in [-0.15, -0.1) is 0 Å². The molecule has 1 aromatic heterocycles. The summed E-state index contributed by atoms with van der Waals surface area (Å²) in [6.07, 6.45) is 2.01. The van der Waals surface area contributed by atoms with Crippen molar-refractivity contribution < 1.29 is 17.9 Å². The predicted molar refractivity (Wildman–Crippen MR) is 139 cm³/mol. The summed E-state index contributed by atoms with van der Waals surface area (Å²) in [5.41, 5.74) is 2.25. The van der Waals surface area contributed by atoms with Gasteiger partial charge in [-0.05, 0) is 87.1 Å². The number of aryl methyl sites for hydroxylation is 2. The summed E-state index contributed by atoms with van der Waals surface area (Å²) < 4.78 is 33.3. The standard InChI is InChI=1S/C24H27N5O4S2/c1-4-5-14-33-20-10-6-18(7-11-20)22(30)28-24(34)27-19-8-12-21(13-9-19)35(31,32)29-23-25-16(2)15-17(3)26-23/h6-13,15H,4-5,14H2,1-3H3,(H,25,26,29)(H2,27,28,30,34). The Morgan fingerprint density at radius 2 is 1.63 bits per heavy atom. The Kier molecular flexibility index (Phi) is 8.72. The molecule has 1 heterocycles. The van der Waals surface area contributed by atoms with Gasteiger partial charge in [-0.25, -0.2) is 23.1 Å². The number of benzene rings is 2. The number of unbranched alkanes of at least 4 members (excludes halogenated alkanes) is 1. The number of anilines is 2. The number of ether oxygens (including phenoxy) is 1. The molecule has 0 atom stereocenters. The minimum absolute atomic E-state index is 0.00847. The van der Waals surface area contributed by atoms with E-state index in [1.165, 1.54) is 24.3 Å². The Hall–Kier alpha value is -3.57. The van der Waals surface area contributed by atoms with Crippen LogP contribution < -0.4 is 20.1 Å². The zero-order chi connectivity index (χ0) is 25.4. The average Bonchev–Trinajstić information content (AvgIpc) is 2.79. The highest BCUT2D eigenvalue weighted by molar-refractivity contribution is 7.92. The van der Waals surface area contributed by atoms with Gasteiger partial charge in [0, 0.05) is 22.6 Å². The second kappa shape index (κ2) is 11.7. The van der Waals surface area contributed by atoms with E-state index in [1.54, 1.807) is 44.2 Å². The van der Waals surface area contributed by atoms with Crippen LogP contribution in [0.15, 0.2) is 59.5 Å². The van der Waals surface area contributed by atoms with E-state index in [-0.39, 0.29) is 21.9 Å². The van der Waals surface area contributed by atoms with Gasteiger partial charge >= 0.3 is 0 Å². The molecule has 0 saturated heterocycles. The van der Waals surface area contributed by atoms with E-state index in [9.17, 15) is 13.2 Å². The largest absolute Gasteiger partial charge is 0.494 e. The molecule has 0 spiro atoms. The van der Waals surface area contributed by atoms with Crippen molar-refractivity contribution in [2.45, 2.75) is 38.5 Å². The topological polar surface area (TPSA) is 122 Å². The Morgan fingerprint density at radius 3 is 2.23 bits per heavy atom. The maximum Gasteiger partial charge on any atom is 0.264 e. The summed E-state index contributed by atoms with van der Waals surface area (Å²) >= 11 is 5.21. The number of amides is 1. The number of thiocarbonyl (C=S) groups is 1. The van der Waals surface area contributed by atoms with Crippen LogP contribution in [-0.4, -0.2) is 36.0 Å². The molecule has 0 unspecified atom stereocenters. The molecule has 2 aromatic carbocycles. The fraction of sp³-hybridized carbons (Fsp3) is 0.250. The Morgan fingerprint density at radius 1 is 1.00 bits per heavy atom. The van der Waals surface area contributed by atoms with Gasteiger partial charge in [0.1, 0.15) is 5.75 Å². The number of nitrogens with zero attached hydrogens (tertiary/aromatic N) is 2. The molecular formula is C24H27N5O4S2. The zero-order valence-corrected chi connectivity index (χ0v) is 21.3. The van der Waals surface area contributed by atoms with Crippen LogP contribution in [0.25, 0.3) is 0 Å². The second-order valence-corrected chi connectivity index (χ2v) is 9.83. The van der Waals surface area contributed by atoms with Crippen molar-refractivity contribution in [3.05, 3.63) is 71.5 Å². The molecule has 3 rings (SSSR count). The number of aromatic nitrogens is 2. The third-order valence-corrected chi connectivity index (χ3v) is 6.29. The maximum atomic E-state index is 12.7. The number of sulfonamides is 1. The van der Waals surface area contributed by atoms with E-state index < -0.39 is 10.0 Å². The lowest BCUT2D eigenvalue weighted by atomic mass is 10.2. The summed E-state index contributed by atoms with van der Waals surface area (Å²) in [6, 6.07) is 14.4. The van der Waals surface area contributed by atoms with Crippen molar-refractivity contribution in [3.63, 3.8) is 0 Å². The average molecular weight is 514 g/mol. The highest BCUT2D eigenvalue weighted by atomic mass is 32.2. The first kappa shape index (κ1) is 26.0. The maximum absolute atomic E-state index is 12.7. The Balaban J connectivity index is 1.57. The minimum atomic E-state index is -3.87. The third-order valence-electron chi connectivity index (χ3n) is 4.74. The molecule has 11 heteroatoms. The van der Waals surface area contributed by atoms with Gasteiger partial charge < -0.3 is 10.1 Å². The number of rotatable bonds is 9. The first-order valence-corrected chi connectivity index (χ1v) is 12.9. The first-order chi connectivity index (χ1) is 16.7. The molecule has 0 radical (unpaired) electrons. The lowest BCUT2D eigenvalue weighted by molar-refractivity contribution is 0.0977. The first-order valence-electron chi connectivity index (χ1n) is 11.0. The summed E-state index contributed by atoms with van der Waals surface area (Å²) in [5.74, 6) is 0.331. The van der Waals surface area contributed by atoms with Crippen LogP contribution in [-0.2, 0) is 10.0 Å². The van der Waals surface area contributed by atoms with Crippen LogP contribution in [0.2, 0.25) is 0 Å². The van der Waals surface area contributed by atoms with Crippen molar-refractivity contribution in [2.24, 2.45) is 0 Å².